The van der Waals surface area contributed by atoms with Crippen LogP contribution in [0.15, 0.2) is 24.5 Å². The lowest BCUT2D eigenvalue weighted by molar-refractivity contribution is 0.951. The van der Waals surface area contributed by atoms with Crippen molar-refractivity contribution in [1.82, 2.24) is 14.7 Å². The molecule has 0 atom stereocenters. The lowest BCUT2D eigenvalue weighted by Gasteiger charge is -2.05. The molecule has 0 bridgehead atoms. The summed E-state index contributed by atoms with van der Waals surface area (Å²) in [4.78, 5) is 7.42. The highest BCUT2D eigenvalue weighted by Gasteiger charge is 1.97. The molecule has 5 heteroatoms. The highest BCUT2D eigenvalue weighted by Crippen LogP contribution is 2.14. The number of nitrogens with zero attached hydrogens (tertiary/aromatic N) is 1. The standard InChI is InChI=1S/C10H14N4S/c1-15-14-5-4-12-10-6-8-2-3-11-9(8)7-13-10/h2-3,6-7,11,14H,4-5H2,1H3,(H,12,13). The normalized spacial score (nSPS) is 10.7. The van der Waals surface area contributed by atoms with Gasteiger partial charge in [-0.1, -0.05) is 11.9 Å². The molecule has 3 N–H and O–H groups in total. The Morgan fingerprint density at radius 2 is 2.40 bits per heavy atom. The largest absolute Gasteiger partial charge is 0.369 e. The van der Waals surface area contributed by atoms with Gasteiger partial charge >= 0.3 is 0 Å². The van der Waals surface area contributed by atoms with Crippen LogP contribution < -0.4 is 10.0 Å². The van der Waals surface area contributed by atoms with Crippen LogP contribution in [0.2, 0.25) is 0 Å². The van der Waals surface area contributed by atoms with E-state index in [1.165, 1.54) is 5.39 Å². The smallest absolute Gasteiger partial charge is 0.126 e. The summed E-state index contributed by atoms with van der Waals surface area (Å²) in [5.41, 5.74) is 1.07. The highest BCUT2D eigenvalue weighted by atomic mass is 32.2. The van der Waals surface area contributed by atoms with Crippen LogP contribution in [0.4, 0.5) is 5.82 Å². The van der Waals surface area contributed by atoms with Gasteiger partial charge < -0.3 is 10.3 Å². The van der Waals surface area contributed by atoms with Crippen LogP contribution in [0.1, 0.15) is 0 Å². The van der Waals surface area contributed by atoms with E-state index >= 15 is 0 Å². The third-order valence-corrected chi connectivity index (χ3v) is 2.61. The van der Waals surface area contributed by atoms with Crippen molar-refractivity contribution < 1.29 is 0 Å². The van der Waals surface area contributed by atoms with Gasteiger partial charge in [0, 0.05) is 24.7 Å². The van der Waals surface area contributed by atoms with Gasteiger partial charge in [0.05, 0.1) is 11.7 Å². The summed E-state index contributed by atoms with van der Waals surface area (Å²) >= 11 is 1.63. The van der Waals surface area contributed by atoms with Crippen LogP contribution in [0.25, 0.3) is 10.9 Å². The van der Waals surface area contributed by atoms with Crippen molar-refractivity contribution >= 4 is 28.7 Å². The van der Waals surface area contributed by atoms with E-state index in [1.807, 2.05) is 30.8 Å². The van der Waals surface area contributed by atoms with Crippen molar-refractivity contribution in [3.8, 4) is 0 Å². The number of fused-ring (bicyclic) bond motifs is 1. The predicted octanol–water partition coefficient (Wildman–Crippen LogP) is 1.84. The Kier molecular flexibility index (Phi) is 3.47. The van der Waals surface area contributed by atoms with E-state index in [2.05, 4.69) is 20.0 Å². The molecule has 0 spiro atoms. The lowest BCUT2D eigenvalue weighted by Crippen LogP contribution is -2.16. The summed E-state index contributed by atoms with van der Waals surface area (Å²) in [6.45, 7) is 1.80. The quantitative estimate of drug-likeness (QED) is 0.534. The minimum absolute atomic E-state index is 0.879. The third-order valence-electron chi connectivity index (χ3n) is 2.12. The first-order valence-corrected chi connectivity index (χ1v) is 6.05. The molecule has 2 aromatic rings. The van der Waals surface area contributed by atoms with E-state index in [0.29, 0.717) is 0 Å². The van der Waals surface area contributed by atoms with Crippen LogP contribution in [0.3, 0.4) is 0 Å². The molecule has 80 valence electrons. The van der Waals surface area contributed by atoms with Crippen molar-refractivity contribution in [3.05, 3.63) is 24.5 Å². The molecule has 0 aliphatic rings. The van der Waals surface area contributed by atoms with Gasteiger partial charge in [0.1, 0.15) is 5.82 Å². The van der Waals surface area contributed by atoms with E-state index in [0.717, 1.165) is 24.4 Å². The maximum atomic E-state index is 4.30. The first-order valence-electron chi connectivity index (χ1n) is 4.83. The molecule has 2 rings (SSSR count). The van der Waals surface area contributed by atoms with Crippen molar-refractivity contribution in [2.75, 3.05) is 24.7 Å². The van der Waals surface area contributed by atoms with E-state index in [-0.39, 0.29) is 0 Å². The Hall–Kier alpha value is -1.20. The summed E-state index contributed by atoms with van der Waals surface area (Å²) in [6.07, 6.45) is 5.79. The van der Waals surface area contributed by atoms with Crippen molar-refractivity contribution in [1.29, 1.82) is 0 Å². The first kappa shape index (κ1) is 10.3. The van der Waals surface area contributed by atoms with Crippen LogP contribution in [-0.4, -0.2) is 29.3 Å². The molecule has 0 unspecified atom stereocenters. The summed E-state index contributed by atoms with van der Waals surface area (Å²) in [6, 6.07) is 4.09. The van der Waals surface area contributed by atoms with Gasteiger partial charge in [0.2, 0.25) is 0 Å². The topological polar surface area (TPSA) is 52.7 Å². The second kappa shape index (κ2) is 5.04. The molecule has 0 aliphatic carbocycles. The van der Waals surface area contributed by atoms with Gasteiger partial charge in [-0.15, -0.1) is 0 Å². The van der Waals surface area contributed by atoms with E-state index in [4.69, 9.17) is 0 Å². The van der Waals surface area contributed by atoms with Gasteiger partial charge in [-0.05, 0) is 18.4 Å². The Balaban J connectivity index is 1.96. The van der Waals surface area contributed by atoms with E-state index in [9.17, 15) is 0 Å². The average Bonchev–Trinajstić information content (AvgIpc) is 2.71. The first-order chi connectivity index (χ1) is 7.40. The molecule has 2 aromatic heterocycles. The van der Waals surface area contributed by atoms with Gasteiger partial charge in [0.15, 0.2) is 0 Å². The van der Waals surface area contributed by atoms with Crippen LogP contribution in [0, 0.1) is 0 Å². The number of H-pyrrole nitrogens is 1. The highest BCUT2D eigenvalue weighted by molar-refractivity contribution is 7.96. The fraction of sp³-hybridized carbons (Fsp3) is 0.300. The van der Waals surface area contributed by atoms with Gasteiger partial charge in [-0.2, -0.15) is 0 Å². The summed E-state index contributed by atoms with van der Waals surface area (Å²) in [5.74, 6) is 0.921. The van der Waals surface area contributed by atoms with Crippen molar-refractivity contribution in [3.63, 3.8) is 0 Å². The number of hydrogen-bond acceptors (Lipinski definition) is 4. The molecule has 15 heavy (non-hydrogen) atoms. The van der Waals surface area contributed by atoms with Gasteiger partial charge in [0.25, 0.3) is 0 Å². The molecule has 4 nitrogen and oxygen atoms in total. The molecule has 0 saturated heterocycles. The molecular weight excluding hydrogens is 208 g/mol. The van der Waals surface area contributed by atoms with Gasteiger partial charge in [-0.3, -0.25) is 4.72 Å². The van der Waals surface area contributed by atoms with Crippen LogP contribution in [-0.2, 0) is 0 Å². The maximum absolute atomic E-state index is 4.30. The zero-order valence-corrected chi connectivity index (χ0v) is 9.40. The van der Waals surface area contributed by atoms with Crippen LogP contribution >= 0.6 is 11.9 Å². The summed E-state index contributed by atoms with van der Waals surface area (Å²) in [5, 5.41) is 4.45. The zero-order chi connectivity index (χ0) is 10.5. The van der Waals surface area contributed by atoms with E-state index < -0.39 is 0 Å². The number of aromatic nitrogens is 2. The molecule has 0 saturated carbocycles. The Labute approximate surface area is 93.0 Å². The summed E-state index contributed by atoms with van der Waals surface area (Å²) < 4.78 is 3.17. The number of anilines is 1. The maximum Gasteiger partial charge on any atom is 0.126 e. The number of nitrogens with one attached hydrogen (secondary N) is 3. The summed E-state index contributed by atoms with van der Waals surface area (Å²) in [7, 11) is 0. The van der Waals surface area contributed by atoms with Crippen molar-refractivity contribution in [2.24, 2.45) is 0 Å². The minimum Gasteiger partial charge on any atom is -0.369 e. The molecule has 0 radical (unpaired) electrons. The third kappa shape index (κ3) is 2.64. The molecular formula is C10H14N4S. The fourth-order valence-electron chi connectivity index (χ4n) is 1.39. The van der Waals surface area contributed by atoms with Crippen molar-refractivity contribution in [2.45, 2.75) is 0 Å². The minimum atomic E-state index is 0.879. The lowest BCUT2D eigenvalue weighted by atomic mass is 10.3. The zero-order valence-electron chi connectivity index (χ0n) is 8.58. The Morgan fingerprint density at radius 1 is 1.47 bits per heavy atom. The molecule has 0 aromatic carbocycles. The number of aromatic amines is 1. The second-order valence-corrected chi connectivity index (χ2v) is 3.86. The molecule has 0 amide bonds. The van der Waals surface area contributed by atoms with Gasteiger partial charge in [-0.25, -0.2) is 4.98 Å². The van der Waals surface area contributed by atoms with Crippen LogP contribution in [0.5, 0.6) is 0 Å². The number of rotatable bonds is 5. The molecule has 2 heterocycles. The molecule has 0 fully saturated rings. The Morgan fingerprint density at radius 3 is 3.27 bits per heavy atom. The Bertz CT molecular complexity index is 426. The monoisotopic (exact) mass is 222 g/mol. The second-order valence-electron chi connectivity index (χ2n) is 3.16. The molecule has 0 aliphatic heterocycles. The fourth-order valence-corrected chi connectivity index (χ4v) is 1.70. The van der Waals surface area contributed by atoms with E-state index in [1.54, 1.807) is 11.9 Å². The number of hydrogen-bond donors (Lipinski definition) is 3. The predicted molar refractivity (Wildman–Crippen MR) is 66.1 cm³/mol. The average molecular weight is 222 g/mol. The number of pyridine rings is 1. The SMILES string of the molecule is CSNCCNc1cc2cc[nH]c2cn1.